The van der Waals surface area contributed by atoms with Crippen molar-refractivity contribution in [3.05, 3.63) is 0 Å². The van der Waals surface area contributed by atoms with Crippen LogP contribution < -0.4 is 132 Å². The summed E-state index contributed by atoms with van der Waals surface area (Å²) >= 11 is 0. The standard InChI is InChI=1S/18CH4.2K.5H3N2P.H3P.6H2S.5V.6Y.4H2.2H/c;;;;;;;;;;;;;;;;;;;;5*1-2-3;;;;;;;;;;;;;;;;;;;;;;;;/h18*1H4;;;5*3H,1H2;1H3;6*1H2;;;;;;;;;;;;4*1H;;/q;;;;;;;;;;;;;;;;;;2*+1;;;;;;;;;;;;;;;;;;;;;;;;;;;;2*-1/i;;;;;;;;;;;;;;;;;;;;;;;;;;;;;;;;;;;;;;;;;;;4*1+1;;. The molecule has 35 heteroatoms. The van der Waals surface area contributed by atoms with Gasteiger partial charge in [-0.15, -0.1) is 0 Å². The van der Waals surface area contributed by atoms with Crippen molar-refractivity contribution >= 4 is 136 Å². The summed E-state index contributed by atoms with van der Waals surface area (Å²) in [5, 5.41) is 0. The van der Waals surface area contributed by atoms with Crippen LogP contribution in [0.4, 0.5) is 0 Å². The number of nitrogens with zero attached hydrogens (tertiary/aromatic N) is 5. The molecule has 0 aromatic carbocycles. The summed E-state index contributed by atoms with van der Waals surface area (Å²) in [6.07, 6.45) is 0. The van der Waals surface area contributed by atoms with E-state index in [0.717, 1.165) is 0 Å². The van der Waals surface area contributed by atoms with E-state index in [1.807, 2.05) is 0 Å². The zero-order valence-corrected chi connectivity index (χ0v) is 61.7. The summed E-state index contributed by atoms with van der Waals surface area (Å²) < 4.78 is 0. The minimum Gasteiger partial charge on any atom is -1.00 e. The maximum Gasteiger partial charge on any atom is 1.00 e. The van der Waals surface area contributed by atoms with E-state index >= 15 is 0 Å². The number of hydrogen-bond acceptors (Lipinski definition) is 5. The smallest absolute Gasteiger partial charge is 1.00 e. The van der Waals surface area contributed by atoms with Crippen molar-refractivity contribution in [1.82, 2.24) is 0 Å². The Morgan fingerprint density at radius 3 is 0.264 bits per heavy atom. The van der Waals surface area contributed by atoms with Gasteiger partial charge in [-0.2, -0.15) is 115 Å². The molecule has 0 fully saturated rings. The Kier molecular flexibility index (Phi) is 6350. The van der Waals surface area contributed by atoms with Crippen molar-refractivity contribution in [2.45, 2.75) is 134 Å². The average Bonchev–Trinajstić information content (AvgIpc) is 2.09. The number of hydrogen-bond donors (Lipinski definition) is 5. The van der Waals surface area contributed by atoms with E-state index in [9.17, 15) is 0 Å². The largest absolute Gasteiger partial charge is 1.00 e. The Hall–Kier alpha value is 15.6. The molecule has 0 rings (SSSR count). The van der Waals surface area contributed by atoms with Gasteiger partial charge in [-0.25, -0.2) is 29.2 Å². The second-order valence-corrected chi connectivity index (χ2v) is 1.94. The summed E-state index contributed by atoms with van der Waals surface area (Å²) in [6.45, 7) is 0. The molecule has 10 nitrogen and oxygen atoms in total. The van der Waals surface area contributed by atoms with E-state index < -0.39 is 0 Å². The van der Waals surface area contributed by atoms with Crippen LogP contribution in [0.25, 0.3) is 0 Å². The van der Waals surface area contributed by atoms with E-state index in [1.54, 1.807) is 0 Å². The first kappa shape index (κ1) is 478. The van der Waals surface area contributed by atoms with Crippen LogP contribution in [0.3, 0.4) is 0 Å². The minimum absolute atomic E-state index is 0. The maximum absolute atomic E-state index is 4.39. The Morgan fingerprint density at radius 2 is 0.264 bits per heavy atom. The molecule has 0 aliphatic carbocycles. The topological polar surface area (TPSA) is 192 Å². The van der Waals surface area contributed by atoms with Crippen molar-refractivity contribution in [3.8, 4) is 0 Å². The van der Waals surface area contributed by atoms with Crippen molar-refractivity contribution in [3.63, 3.8) is 0 Å². The molecule has 0 aliphatic rings. The van der Waals surface area contributed by atoms with Crippen LogP contribution in [0.1, 0.15) is 142 Å². The second kappa shape index (κ2) is 705. The fourth-order valence-electron chi connectivity index (χ4n) is 0. The van der Waals surface area contributed by atoms with Gasteiger partial charge in [0.25, 0.3) is 0 Å². The van der Waals surface area contributed by atoms with Gasteiger partial charge < -0.3 is 2.85 Å². The average molecular weight is 1720 g/mol. The molecular formula is C18H112K2N10P6S6V5Y6. The predicted octanol–water partition coefficient (Wildman–Crippen LogP) is 8.31. The molecule has 345 valence electrons. The van der Waals surface area contributed by atoms with E-state index in [1.165, 1.54) is 0 Å². The molecule has 0 amide bonds. The summed E-state index contributed by atoms with van der Waals surface area (Å²) in [5.41, 5.74) is 0. The first-order chi connectivity index (χ1) is 7.07. The zero-order valence-electron chi connectivity index (χ0n) is 21.0. The quantitative estimate of drug-likeness (QED) is 0.0704. The number of nitrogens with two attached hydrogens (primary N) is 5. The van der Waals surface area contributed by atoms with Crippen LogP contribution in [-0.4, -0.2) is 0 Å². The molecule has 0 aromatic heterocycles. The van der Waals surface area contributed by atoms with Gasteiger partial charge in [-0.05, 0) is 0 Å². The Balaban J connectivity index is -0.000000000380. The van der Waals surface area contributed by atoms with Crippen LogP contribution in [0.5, 0.6) is 0 Å². The molecule has 11 radical (unpaired) electrons. The van der Waals surface area contributed by atoms with Crippen molar-refractivity contribution in [1.29, 1.82) is 0 Å². The van der Waals surface area contributed by atoms with E-state index in [4.69, 9.17) is 0 Å². The molecule has 0 spiro atoms. The Bertz CT molecular complexity index is 236. The third kappa shape index (κ3) is 1190. The van der Waals surface area contributed by atoms with Gasteiger partial charge in [0.1, 0.15) is 0 Å². The summed E-state index contributed by atoms with van der Waals surface area (Å²) in [7, 11) is 12.9. The van der Waals surface area contributed by atoms with Crippen molar-refractivity contribution in [2.24, 2.45) is 53.5 Å². The van der Waals surface area contributed by atoms with Crippen molar-refractivity contribution < 1.29 is 400 Å². The molecule has 0 heterocycles. The zero-order chi connectivity index (χ0) is 13.5. The van der Waals surface area contributed by atoms with Crippen LogP contribution in [-0.2, 0) is 289 Å². The first-order valence-electron chi connectivity index (χ1n) is 2.41. The molecule has 10 N–H and O–H groups in total. The molecule has 53 heavy (non-hydrogen) atoms. The second-order valence-electron chi connectivity index (χ2n) is 0.645. The molecule has 0 saturated carbocycles. The van der Waals surface area contributed by atoms with Crippen LogP contribution in [0.15, 0.2) is 24.3 Å². The van der Waals surface area contributed by atoms with Gasteiger partial charge in [-0.3, -0.25) is 0 Å². The van der Waals surface area contributed by atoms with E-state index in [0.29, 0.717) is 0 Å². The molecule has 0 aromatic rings. The molecule has 0 aliphatic heterocycles. The van der Waals surface area contributed by atoms with Gasteiger partial charge in [0.15, 0.2) is 0 Å². The molecular weight excluding hydrogens is 1600 g/mol. The van der Waals surface area contributed by atoms with Crippen molar-refractivity contribution in [2.75, 3.05) is 0 Å². The summed E-state index contributed by atoms with van der Waals surface area (Å²) in [6, 6.07) is 0. The van der Waals surface area contributed by atoms with Gasteiger partial charge >= 0.3 is 103 Å². The molecule has 0 saturated heterocycles. The SMILES string of the molecule is C.C.C.C.C.C.C.C.C.C.C.C.C.C.C.C.C.C.NN=P.NN=P.NN=P.NN=P.NN=P.P.S.S.S.S.S.S.[2HH].[2HH].[2HH].[2HH].[H-].[H-].[K+].[K+].[V].[V].[V].[V].[V].[Y].[Y].[Y].[Y].[Y].[Y]. The molecule has 0 bridgehead atoms. The van der Waals surface area contributed by atoms with Gasteiger partial charge in [-0.1, -0.05) is 134 Å². The van der Waals surface area contributed by atoms with Gasteiger partial charge in [0, 0.05) is 340 Å². The van der Waals surface area contributed by atoms with Crippen LogP contribution in [0, 0.1) is 0 Å². The van der Waals surface area contributed by atoms with Gasteiger partial charge in [0.2, 0.25) is 0 Å². The maximum atomic E-state index is 4.39. The Labute approximate surface area is 706 Å². The molecule has 1 atom stereocenters. The monoisotopic (exact) mass is 1720 g/mol. The summed E-state index contributed by atoms with van der Waals surface area (Å²) in [5.74, 6) is 21.9. The first-order valence-corrected chi connectivity index (χ1v) is 4.65. The molecule has 1 unspecified atom stereocenters. The normalized spacial score (nSPS) is 1.23. The predicted molar refractivity (Wildman–Crippen MR) is 280 cm³/mol. The fraction of sp³-hybridized carbons (Fsp3) is 1.00. The minimum atomic E-state index is 0. The van der Waals surface area contributed by atoms with E-state index in [2.05, 4.69) is 98.6 Å². The number of rotatable bonds is 0. The third-order valence-electron chi connectivity index (χ3n) is 0. The van der Waals surface area contributed by atoms with E-state index in [-0.39, 0.29) is 625 Å². The summed E-state index contributed by atoms with van der Waals surface area (Å²) in [4.78, 5) is 14.0. The van der Waals surface area contributed by atoms with Crippen LogP contribution in [0.2, 0.25) is 0 Å². The van der Waals surface area contributed by atoms with Gasteiger partial charge in [0.05, 0.1) is 0 Å². The fourth-order valence-corrected chi connectivity index (χ4v) is 0. The van der Waals surface area contributed by atoms with Crippen LogP contribution >= 0.6 is 136 Å². The third-order valence-corrected chi connectivity index (χ3v) is 0. The Morgan fingerprint density at radius 1 is 0.264 bits per heavy atom.